The van der Waals surface area contributed by atoms with E-state index < -0.39 is 0 Å². The summed E-state index contributed by atoms with van der Waals surface area (Å²) in [6.45, 7) is 1.67. The Kier molecular flexibility index (Phi) is 5.73. The van der Waals surface area contributed by atoms with Crippen molar-refractivity contribution in [2.75, 3.05) is 13.1 Å². The Hall–Kier alpha value is -2.20. The first-order chi connectivity index (χ1) is 9.84. The number of nitrogens with zero attached hydrogens (tertiary/aromatic N) is 1. The van der Waals surface area contributed by atoms with E-state index in [1.165, 1.54) is 5.56 Å². The first-order valence-corrected chi connectivity index (χ1v) is 6.75. The third-order valence-corrected chi connectivity index (χ3v) is 2.94. The molecular weight excluding hydrogens is 250 g/mol. The van der Waals surface area contributed by atoms with Gasteiger partial charge in [-0.2, -0.15) is 0 Å². The number of carbonyl (C=O) groups excluding carboxylic acids is 1. The molecule has 0 fully saturated rings. The highest BCUT2D eigenvalue weighted by Crippen LogP contribution is 1.98. The molecule has 1 aromatic carbocycles. The van der Waals surface area contributed by atoms with E-state index in [1.54, 1.807) is 12.4 Å². The topological polar surface area (TPSA) is 54.0 Å². The highest BCUT2D eigenvalue weighted by molar-refractivity contribution is 5.77. The van der Waals surface area contributed by atoms with Crippen LogP contribution in [-0.2, 0) is 17.8 Å². The number of hydrogen-bond acceptors (Lipinski definition) is 3. The van der Waals surface area contributed by atoms with Gasteiger partial charge in [-0.05, 0) is 29.7 Å². The van der Waals surface area contributed by atoms with Crippen molar-refractivity contribution in [2.45, 2.75) is 13.0 Å². The van der Waals surface area contributed by atoms with Gasteiger partial charge in [-0.1, -0.05) is 30.3 Å². The lowest BCUT2D eigenvalue weighted by atomic mass is 10.1. The predicted molar refractivity (Wildman–Crippen MR) is 79.1 cm³/mol. The van der Waals surface area contributed by atoms with Gasteiger partial charge in [-0.3, -0.25) is 9.78 Å². The van der Waals surface area contributed by atoms with Crippen molar-refractivity contribution in [2.24, 2.45) is 0 Å². The van der Waals surface area contributed by atoms with Crippen molar-refractivity contribution in [3.8, 4) is 0 Å². The summed E-state index contributed by atoms with van der Waals surface area (Å²) in [7, 11) is 0. The van der Waals surface area contributed by atoms with Crippen LogP contribution in [0.25, 0.3) is 0 Å². The molecule has 20 heavy (non-hydrogen) atoms. The van der Waals surface area contributed by atoms with Gasteiger partial charge in [0.15, 0.2) is 0 Å². The van der Waals surface area contributed by atoms with E-state index in [2.05, 4.69) is 27.8 Å². The maximum absolute atomic E-state index is 11.6. The van der Waals surface area contributed by atoms with Gasteiger partial charge in [0, 0.05) is 25.5 Å². The SMILES string of the molecule is O=C(CNCc1ccncc1)NCCc1ccccc1. The number of nitrogens with one attached hydrogen (secondary N) is 2. The fourth-order valence-corrected chi connectivity index (χ4v) is 1.87. The highest BCUT2D eigenvalue weighted by Gasteiger charge is 2.00. The third kappa shape index (κ3) is 5.20. The van der Waals surface area contributed by atoms with Crippen molar-refractivity contribution in [1.82, 2.24) is 15.6 Å². The molecule has 1 heterocycles. The first kappa shape index (κ1) is 14.2. The summed E-state index contributed by atoms with van der Waals surface area (Å²) >= 11 is 0. The molecule has 2 rings (SSSR count). The third-order valence-electron chi connectivity index (χ3n) is 2.94. The van der Waals surface area contributed by atoms with Crippen LogP contribution < -0.4 is 10.6 Å². The standard InChI is InChI=1S/C16H19N3O/c20-16(13-18-12-15-6-9-17-10-7-15)19-11-8-14-4-2-1-3-5-14/h1-7,9-10,18H,8,11-13H2,(H,19,20). The van der Waals surface area contributed by atoms with E-state index in [0.29, 0.717) is 19.6 Å². The Morgan fingerprint density at radius 3 is 2.50 bits per heavy atom. The second-order valence-electron chi connectivity index (χ2n) is 4.54. The Balaban J connectivity index is 1.59. The lowest BCUT2D eigenvalue weighted by Crippen LogP contribution is -2.34. The van der Waals surface area contributed by atoms with Crippen LogP contribution in [0.5, 0.6) is 0 Å². The van der Waals surface area contributed by atoms with Crippen LogP contribution in [0, 0.1) is 0 Å². The monoisotopic (exact) mass is 269 g/mol. The molecule has 0 aliphatic rings. The minimum Gasteiger partial charge on any atom is -0.355 e. The number of aromatic nitrogens is 1. The molecule has 0 spiro atoms. The van der Waals surface area contributed by atoms with Crippen LogP contribution in [-0.4, -0.2) is 24.0 Å². The van der Waals surface area contributed by atoms with E-state index in [-0.39, 0.29) is 5.91 Å². The maximum Gasteiger partial charge on any atom is 0.233 e. The maximum atomic E-state index is 11.6. The summed E-state index contributed by atoms with van der Waals surface area (Å²) in [4.78, 5) is 15.6. The van der Waals surface area contributed by atoms with Crippen molar-refractivity contribution in [3.05, 3.63) is 66.0 Å². The average Bonchev–Trinajstić information content (AvgIpc) is 2.49. The molecule has 1 aromatic heterocycles. The van der Waals surface area contributed by atoms with Gasteiger partial charge in [0.25, 0.3) is 0 Å². The zero-order valence-corrected chi connectivity index (χ0v) is 11.4. The van der Waals surface area contributed by atoms with Crippen molar-refractivity contribution in [1.29, 1.82) is 0 Å². The summed E-state index contributed by atoms with van der Waals surface area (Å²) in [6.07, 6.45) is 4.35. The highest BCUT2D eigenvalue weighted by atomic mass is 16.1. The molecule has 1 amide bonds. The summed E-state index contributed by atoms with van der Waals surface area (Å²) in [5, 5.41) is 6.01. The van der Waals surface area contributed by atoms with Crippen molar-refractivity contribution in [3.63, 3.8) is 0 Å². The quantitative estimate of drug-likeness (QED) is 0.801. The molecule has 0 radical (unpaired) electrons. The van der Waals surface area contributed by atoms with Gasteiger partial charge in [0.2, 0.25) is 5.91 Å². The first-order valence-electron chi connectivity index (χ1n) is 6.75. The summed E-state index contributed by atoms with van der Waals surface area (Å²) in [5.41, 5.74) is 2.36. The van der Waals surface area contributed by atoms with Gasteiger partial charge in [-0.25, -0.2) is 0 Å². The van der Waals surface area contributed by atoms with Crippen molar-refractivity contribution >= 4 is 5.91 Å². The van der Waals surface area contributed by atoms with Crippen LogP contribution in [0.3, 0.4) is 0 Å². The molecule has 0 bridgehead atoms. The summed E-state index contributed by atoms with van der Waals surface area (Å²) in [6, 6.07) is 14.0. The number of amides is 1. The van der Waals surface area contributed by atoms with E-state index in [1.807, 2.05) is 30.3 Å². The number of pyridine rings is 1. The smallest absolute Gasteiger partial charge is 0.233 e. The Morgan fingerprint density at radius 2 is 1.75 bits per heavy atom. The molecule has 0 aliphatic carbocycles. The molecule has 0 saturated heterocycles. The van der Waals surface area contributed by atoms with Gasteiger partial charge in [0.05, 0.1) is 6.54 Å². The van der Waals surface area contributed by atoms with Crippen LogP contribution in [0.4, 0.5) is 0 Å². The van der Waals surface area contributed by atoms with E-state index in [9.17, 15) is 4.79 Å². The van der Waals surface area contributed by atoms with Gasteiger partial charge in [-0.15, -0.1) is 0 Å². The minimum absolute atomic E-state index is 0.0231. The largest absolute Gasteiger partial charge is 0.355 e. The second kappa shape index (κ2) is 8.07. The van der Waals surface area contributed by atoms with Gasteiger partial charge >= 0.3 is 0 Å². The average molecular weight is 269 g/mol. The molecule has 2 aromatic rings. The number of hydrogen-bond donors (Lipinski definition) is 2. The Labute approximate surface area is 119 Å². The zero-order chi connectivity index (χ0) is 14.0. The molecule has 0 aliphatic heterocycles. The normalized spacial score (nSPS) is 10.2. The molecule has 0 saturated carbocycles. The molecule has 104 valence electrons. The minimum atomic E-state index is 0.0231. The lowest BCUT2D eigenvalue weighted by Gasteiger charge is -2.07. The van der Waals surface area contributed by atoms with Gasteiger partial charge < -0.3 is 10.6 Å². The Morgan fingerprint density at radius 1 is 1.00 bits per heavy atom. The van der Waals surface area contributed by atoms with E-state index in [4.69, 9.17) is 0 Å². The molecule has 2 N–H and O–H groups in total. The second-order valence-corrected chi connectivity index (χ2v) is 4.54. The van der Waals surface area contributed by atoms with E-state index in [0.717, 1.165) is 12.0 Å². The van der Waals surface area contributed by atoms with E-state index >= 15 is 0 Å². The number of carbonyl (C=O) groups is 1. The number of rotatable bonds is 7. The fourth-order valence-electron chi connectivity index (χ4n) is 1.87. The van der Waals surface area contributed by atoms with Crippen LogP contribution in [0.2, 0.25) is 0 Å². The van der Waals surface area contributed by atoms with Crippen LogP contribution in [0.15, 0.2) is 54.9 Å². The fraction of sp³-hybridized carbons (Fsp3) is 0.250. The summed E-state index contributed by atoms with van der Waals surface area (Å²) in [5.74, 6) is 0.0231. The summed E-state index contributed by atoms with van der Waals surface area (Å²) < 4.78 is 0. The number of benzene rings is 1. The molecule has 4 heteroatoms. The molecule has 0 unspecified atom stereocenters. The van der Waals surface area contributed by atoms with Crippen LogP contribution in [0.1, 0.15) is 11.1 Å². The van der Waals surface area contributed by atoms with Crippen molar-refractivity contribution < 1.29 is 4.79 Å². The van der Waals surface area contributed by atoms with Crippen LogP contribution >= 0.6 is 0 Å². The molecule has 4 nitrogen and oxygen atoms in total. The predicted octanol–water partition coefficient (Wildman–Crippen LogP) is 1.53. The molecule has 0 atom stereocenters. The van der Waals surface area contributed by atoms with Gasteiger partial charge in [0.1, 0.15) is 0 Å². The lowest BCUT2D eigenvalue weighted by molar-refractivity contribution is -0.120. The molecular formula is C16H19N3O. The zero-order valence-electron chi connectivity index (χ0n) is 11.4. The Bertz CT molecular complexity index is 466.